The van der Waals surface area contributed by atoms with Crippen LogP contribution in [-0.2, 0) is 14.8 Å². The molecule has 0 bridgehead atoms. The normalized spacial score (nSPS) is 16.7. The van der Waals surface area contributed by atoms with Gasteiger partial charge in [0.2, 0.25) is 15.9 Å². The number of carbonyl (C=O) groups excluding carboxylic acids is 1. The molecule has 2 N–H and O–H groups in total. The number of hydrogen-bond donors (Lipinski definition) is 1. The molecule has 8 heteroatoms. The van der Waals surface area contributed by atoms with Gasteiger partial charge in [-0.05, 0) is 18.1 Å². The third-order valence-electron chi connectivity index (χ3n) is 3.17. The van der Waals surface area contributed by atoms with E-state index in [0.29, 0.717) is 5.75 Å². The Balaban J connectivity index is 2.18. The van der Waals surface area contributed by atoms with Gasteiger partial charge >= 0.3 is 0 Å². The first-order valence-corrected chi connectivity index (χ1v) is 7.78. The maximum Gasteiger partial charge on any atom is 0.244 e. The summed E-state index contributed by atoms with van der Waals surface area (Å²) in [7, 11) is -2.21. The number of nitrogens with two attached hydrogens (primary N) is 1. The number of rotatable bonds is 5. The standard InChI is InChI=1S/C12H15ClN2O4S/c1-19-9-2-3-10(13)11(5-9)20(17,18)15-6-8(7-15)4-12(14)16/h2-3,5,8H,4,6-7H2,1H3,(H2,14,16). The van der Waals surface area contributed by atoms with Gasteiger partial charge in [0, 0.05) is 25.6 Å². The molecule has 1 saturated heterocycles. The van der Waals surface area contributed by atoms with Gasteiger partial charge in [-0.3, -0.25) is 4.79 Å². The van der Waals surface area contributed by atoms with Crippen molar-refractivity contribution in [2.24, 2.45) is 11.7 Å². The molecule has 2 rings (SSSR count). The molecule has 1 aliphatic heterocycles. The highest BCUT2D eigenvalue weighted by Gasteiger charge is 2.38. The number of nitrogens with zero attached hydrogens (tertiary/aromatic N) is 1. The SMILES string of the molecule is COc1ccc(Cl)c(S(=O)(=O)N2CC(CC(N)=O)C2)c1. The second-order valence-corrected chi connectivity index (χ2v) is 6.97. The predicted octanol–water partition coefficient (Wildman–Crippen LogP) is 0.844. The van der Waals surface area contributed by atoms with Crippen LogP contribution in [-0.4, -0.2) is 38.8 Å². The Labute approximate surface area is 122 Å². The Morgan fingerprint density at radius 3 is 2.70 bits per heavy atom. The van der Waals surface area contributed by atoms with Gasteiger partial charge < -0.3 is 10.5 Å². The van der Waals surface area contributed by atoms with E-state index in [4.69, 9.17) is 22.1 Å². The van der Waals surface area contributed by atoms with Gasteiger partial charge in [0.15, 0.2) is 0 Å². The lowest BCUT2D eigenvalue weighted by atomic mass is 9.99. The van der Waals surface area contributed by atoms with Gasteiger partial charge in [0.05, 0.1) is 12.1 Å². The summed E-state index contributed by atoms with van der Waals surface area (Å²) >= 11 is 5.95. The second kappa shape index (κ2) is 5.59. The zero-order valence-electron chi connectivity index (χ0n) is 10.9. The number of hydrogen-bond acceptors (Lipinski definition) is 4. The second-order valence-electron chi connectivity index (χ2n) is 4.65. The predicted molar refractivity (Wildman–Crippen MR) is 74.1 cm³/mol. The molecule has 1 amide bonds. The highest BCUT2D eigenvalue weighted by Crippen LogP contribution is 2.32. The molecule has 0 aliphatic carbocycles. The first-order valence-electron chi connectivity index (χ1n) is 5.96. The summed E-state index contributed by atoms with van der Waals surface area (Å²) in [6.07, 6.45) is 0.192. The number of benzene rings is 1. The fraction of sp³-hybridized carbons (Fsp3) is 0.417. The number of primary amides is 1. The van der Waals surface area contributed by atoms with Crippen molar-refractivity contribution in [3.05, 3.63) is 23.2 Å². The van der Waals surface area contributed by atoms with Crippen LogP contribution in [0.2, 0.25) is 5.02 Å². The lowest BCUT2D eigenvalue weighted by Crippen LogP contribution is -2.50. The van der Waals surface area contributed by atoms with Crippen molar-refractivity contribution in [2.75, 3.05) is 20.2 Å². The summed E-state index contributed by atoms with van der Waals surface area (Å²) in [5.74, 6) is -0.0275. The summed E-state index contributed by atoms with van der Waals surface area (Å²) in [5.41, 5.74) is 5.09. The lowest BCUT2D eigenvalue weighted by molar-refractivity contribution is -0.119. The van der Waals surface area contributed by atoms with Crippen LogP contribution >= 0.6 is 11.6 Å². The maximum atomic E-state index is 12.4. The van der Waals surface area contributed by atoms with Crippen molar-refractivity contribution in [1.82, 2.24) is 4.31 Å². The molecule has 0 unspecified atom stereocenters. The number of amides is 1. The average Bonchev–Trinajstić information content (AvgIpc) is 2.33. The molecule has 1 heterocycles. The summed E-state index contributed by atoms with van der Waals surface area (Å²) in [5, 5.41) is 0.143. The minimum Gasteiger partial charge on any atom is -0.497 e. The van der Waals surface area contributed by atoms with Crippen molar-refractivity contribution >= 4 is 27.5 Å². The molecule has 20 heavy (non-hydrogen) atoms. The number of sulfonamides is 1. The monoisotopic (exact) mass is 318 g/mol. The van der Waals surface area contributed by atoms with Gasteiger partial charge in [-0.15, -0.1) is 0 Å². The van der Waals surface area contributed by atoms with Crippen molar-refractivity contribution < 1.29 is 17.9 Å². The van der Waals surface area contributed by atoms with Gasteiger partial charge in [-0.25, -0.2) is 8.42 Å². The summed E-state index contributed by atoms with van der Waals surface area (Å²) < 4.78 is 31.1. The topological polar surface area (TPSA) is 89.7 Å². The molecule has 110 valence electrons. The first-order chi connectivity index (χ1) is 9.34. The summed E-state index contributed by atoms with van der Waals surface area (Å²) in [4.78, 5) is 10.8. The average molecular weight is 319 g/mol. The Morgan fingerprint density at radius 2 is 2.15 bits per heavy atom. The van der Waals surface area contributed by atoms with Crippen LogP contribution in [0.25, 0.3) is 0 Å². The Morgan fingerprint density at radius 1 is 1.50 bits per heavy atom. The zero-order valence-corrected chi connectivity index (χ0v) is 12.4. The minimum absolute atomic E-state index is 0.0102. The van der Waals surface area contributed by atoms with Crippen molar-refractivity contribution in [2.45, 2.75) is 11.3 Å². The molecule has 1 aromatic carbocycles. The van der Waals surface area contributed by atoms with E-state index in [9.17, 15) is 13.2 Å². The quantitative estimate of drug-likeness (QED) is 0.871. The molecular weight excluding hydrogens is 304 g/mol. The molecule has 0 aromatic heterocycles. The number of methoxy groups -OCH3 is 1. The van der Waals surface area contributed by atoms with Gasteiger partial charge in [-0.2, -0.15) is 4.31 Å². The van der Waals surface area contributed by atoms with Crippen LogP contribution in [0.1, 0.15) is 6.42 Å². The van der Waals surface area contributed by atoms with E-state index in [0.717, 1.165) is 0 Å². The largest absolute Gasteiger partial charge is 0.497 e. The fourth-order valence-electron chi connectivity index (χ4n) is 2.08. The smallest absolute Gasteiger partial charge is 0.244 e. The van der Waals surface area contributed by atoms with E-state index in [1.165, 1.54) is 23.5 Å². The summed E-state index contributed by atoms with van der Waals surface area (Å²) in [6.45, 7) is 0.553. The van der Waals surface area contributed by atoms with Gasteiger partial charge in [-0.1, -0.05) is 11.6 Å². The molecule has 0 atom stereocenters. The minimum atomic E-state index is -3.66. The van der Waals surface area contributed by atoms with Crippen molar-refractivity contribution in [3.63, 3.8) is 0 Å². The van der Waals surface area contributed by atoms with Gasteiger partial charge in [0.1, 0.15) is 10.6 Å². The number of halogens is 1. The first kappa shape index (κ1) is 15.1. The van der Waals surface area contributed by atoms with E-state index in [-0.39, 0.29) is 35.3 Å². The van der Waals surface area contributed by atoms with Crippen LogP contribution in [0.15, 0.2) is 23.1 Å². The Hall–Kier alpha value is -1.31. The van der Waals surface area contributed by atoms with Gasteiger partial charge in [0.25, 0.3) is 0 Å². The highest BCUT2D eigenvalue weighted by atomic mass is 35.5. The van der Waals surface area contributed by atoms with Crippen molar-refractivity contribution in [1.29, 1.82) is 0 Å². The van der Waals surface area contributed by atoms with Crippen LogP contribution in [0.5, 0.6) is 5.75 Å². The summed E-state index contributed by atoms with van der Waals surface area (Å²) in [6, 6.07) is 4.46. The van der Waals surface area contributed by atoms with Crippen LogP contribution in [0, 0.1) is 5.92 Å². The highest BCUT2D eigenvalue weighted by molar-refractivity contribution is 7.89. The number of carbonyl (C=O) groups is 1. The Kier molecular flexibility index (Phi) is 4.22. The van der Waals surface area contributed by atoms with E-state index in [1.807, 2.05) is 0 Å². The van der Waals surface area contributed by atoms with E-state index in [1.54, 1.807) is 6.07 Å². The van der Waals surface area contributed by atoms with Crippen LogP contribution < -0.4 is 10.5 Å². The van der Waals surface area contributed by atoms with Crippen molar-refractivity contribution in [3.8, 4) is 5.75 Å². The third kappa shape index (κ3) is 2.89. The molecule has 0 spiro atoms. The molecule has 6 nitrogen and oxygen atoms in total. The molecule has 0 radical (unpaired) electrons. The Bertz CT molecular complexity index is 626. The van der Waals surface area contributed by atoms with E-state index >= 15 is 0 Å². The molecule has 1 fully saturated rings. The molecule has 1 aromatic rings. The van der Waals surface area contributed by atoms with E-state index in [2.05, 4.69) is 0 Å². The number of ether oxygens (including phenoxy) is 1. The zero-order chi connectivity index (χ0) is 14.9. The lowest BCUT2D eigenvalue weighted by Gasteiger charge is -2.37. The van der Waals surface area contributed by atoms with Crippen LogP contribution in [0.3, 0.4) is 0 Å². The van der Waals surface area contributed by atoms with Crippen LogP contribution in [0.4, 0.5) is 0 Å². The van der Waals surface area contributed by atoms with E-state index < -0.39 is 15.9 Å². The molecular formula is C12H15ClN2O4S. The molecule has 1 aliphatic rings. The fourth-order valence-corrected chi connectivity index (χ4v) is 4.16. The third-order valence-corrected chi connectivity index (χ3v) is 5.48. The molecule has 0 saturated carbocycles. The maximum absolute atomic E-state index is 12.4.